The van der Waals surface area contributed by atoms with Gasteiger partial charge in [0, 0.05) is 56.1 Å². The molecule has 2 fully saturated rings. The van der Waals surface area contributed by atoms with Gasteiger partial charge in [0.15, 0.2) is 0 Å². The number of carbonyl (C=O) groups is 1. The summed E-state index contributed by atoms with van der Waals surface area (Å²) in [6.07, 6.45) is 3.43. The third kappa shape index (κ3) is 3.50. The Hall–Kier alpha value is -2.25. The molecule has 2 bridgehead atoms. The minimum absolute atomic E-state index is 0.00189. The van der Waals surface area contributed by atoms with Crippen molar-refractivity contribution in [3.63, 3.8) is 0 Å². The molecule has 0 saturated carbocycles. The number of halogens is 2. The highest BCUT2D eigenvalue weighted by atomic mass is 19.1. The molecule has 0 spiro atoms. The van der Waals surface area contributed by atoms with E-state index < -0.39 is 11.6 Å². The molecule has 5 nitrogen and oxygen atoms in total. The Morgan fingerprint density at radius 2 is 2.08 bits per heavy atom. The van der Waals surface area contributed by atoms with E-state index in [1.54, 1.807) is 18.5 Å². The highest BCUT2D eigenvalue weighted by Crippen LogP contribution is 2.24. The molecule has 2 aliphatic heterocycles. The van der Waals surface area contributed by atoms with Crippen LogP contribution in [0, 0.1) is 17.6 Å². The molecule has 1 aromatic heterocycles. The molecular formula is C19H21F2N3O2. The Bertz CT molecular complexity index is 781. The van der Waals surface area contributed by atoms with E-state index in [1.807, 2.05) is 4.90 Å². The third-order valence-electron chi connectivity index (χ3n) is 5.10. The van der Waals surface area contributed by atoms with Crippen LogP contribution in [-0.2, 0) is 11.3 Å². The summed E-state index contributed by atoms with van der Waals surface area (Å²) < 4.78 is 33.0. The van der Waals surface area contributed by atoms with Crippen molar-refractivity contribution in [3.8, 4) is 0 Å². The number of H-pyrrole nitrogens is 1. The number of aromatic amines is 1. The highest BCUT2D eigenvalue weighted by Gasteiger charge is 2.35. The first-order valence-electron chi connectivity index (χ1n) is 8.78. The maximum Gasteiger partial charge on any atom is 0.255 e. The smallest absolute Gasteiger partial charge is 0.255 e. The van der Waals surface area contributed by atoms with E-state index in [1.165, 1.54) is 12.1 Å². The number of aromatic nitrogens is 1. The first kappa shape index (κ1) is 17.2. The van der Waals surface area contributed by atoms with E-state index in [4.69, 9.17) is 4.74 Å². The van der Waals surface area contributed by atoms with Gasteiger partial charge < -0.3 is 14.6 Å². The Labute approximate surface area is 150 Å². The van der Waals surface area contributed by atoms with Gasteiger partial charge in [-0.3, -0.25) is 9.69 Å². The van der Waals surface area contributed by atoms with Gasteiger partial charge in [0.2, 0.25) is 0 Å². The summed E-state index contributed by atoms with van der Waals surface area (Å²) in [6.45, 7) is 3.32. The summed E-state index contributed by atoms with van der Waals surface area (Å²) in [4.78, 5) is 19.7. The van der Waals surface area contributed by atoms with Crippen LogP contribution in [0.4, 0.5) is 8.78 Å². The highest BCUT2D eigenvalue weighted by molar-refractivity contribution is 5.94. The molecule has 4 rings (SSSR count). The maximum absolute atomic E-state index is 14.1. The van der Waals surface area contributed by atoms with Gasteiger partial charge >= 0.3 is 0 Å². The van der Waals surface area contributed by atoms with Crippen LogP contribution in [0.15, 0.2) is 36.7 Å². The second kappa shape index (κ2) is 7.17. The van der Waals surface area contributed by atoms with Crippen LogP contribution in [0.2, 0.25) is 0 Å². The summed E-state index contributed by atoms with van der Waals surface area (Å²) in [5, 5.41) is 0. The molecule has 0 unspecified atom stereocenters. The van der Waals surface area contributed by atoms with Crippen molar-refractivity contribution in [1.29, 1.82) is 0 Å². The lowest BCUT2D eigenvalue weighted by atomic mass is 10.1. The summed E-state index contributed by atoms with van der Waals surface area (Å²) in [5.41, 5.74) is 1.10. The van der Waals surface area contributed by atoms with Crippen LogP contribution >= 0.6 is 0 Å². The zero-order valence-electron chi connectivity index (χ0n) is 14.3. The number of ether oxygens (including phenoxy) is 1. The van der Waals surface area contributed by atoms with Crippen molar-refractivity contribution in [3.05, 3.63) is 59.4 Å². The zero-order chi connectivity index (χ0) is 18.1. The Kier molecular flexibility index (Phi) is 4.74. The Balaban J connectivity index is 1.54. The molecule has 26 heavy (non-hydrogen) atoms. The normalized spacial score (nSPS) is 23.7. The molecule has 2 aromatic rings. The number of amides is 1. The summed E-state index contributed by atoms with van der Waals surface area (Å²) in [7, 11) is 0. The molecule has 3 heterocycles. The van der Waals surface area contributed by atoms with Gasteiger partial charge in [-0.15, -0.1) is 0 Å². The lowest BCUT2D eigenvalue weighted by Gasteiger charge is -2.31. The van der Waals surface area contributed by atoms with Crippen LogP contribution in [0.3, 0.4) is 0 Å². The number of carbonyl (C=O) groups excluding carboxylic acids is 1. The van der Waals surface area contributed by atoms with E-state index in [0.29, 0.717) is 44.0 Å². The van der Waals surface area contributed by atoms with Crippen LogP contribution in [-0.4, -0.2) is 59.6 Å². The predicted octanol–water partition coefficient (Wildman–Crippen LogP) is 2.27. The summed E-state index contributed by atoms with van der Waals surface area (Å²) >= 11 is 0. The fourth-order valence-corrected chi connectivity index (χ4v) is 3.80. The Morgan fingerprint density at radius 3 is 2.85 bits per heavy atom. The van der Waals surface area contributed by atoms with Crippen LogP contribution in [0.5, 0.6) is 0 Å². The van der Waals surface area contributed by atoms with E-state index in [-0.39, 0.29) is 17.9 Å². The molecular weight excluding hydrogens is 340 g/mol. The molecule has 0 radical (unpaired) electrons. The zero-order valence-corrected chi connectivity index (χ0v) is 14.3. The van der Waals surface area contributed by atoms with Crippen molar-refractivity contribution in [1.82, 2.24) is 14.8 Å². The van der Waals surface area contributed by atoms with Gasteiger partial charge in [0.1, 0.15) is 11.6 Å². The molecule has 2 saturated heterocycles. The number of nitrogens with zero attached hydrogens (tertiary/aromatic N) is 2. The number of hydrogen-bond donors (Lipinski definition) is 1. The number of fused-ring (bicyclic) bond motifs is 3. The third-order valence-corrected chi connectivity index (χ3v) is 5.10. The first-order valence-corrected chi connectivity index (χ1v) is 8.78. The molecule has 2 aliphatic rings. The SMILES string of the molecule is O=C(c1cc[nH]c1)N1C[C@@H]2COC[C@H](C1)N(Cc1ccc(F)cc1F)C2. The van der Waals surface area contributed by atoms with Gasteiger partial charge in [-0.25, -0.2) is 8.78 Å². The monoisotopic (exact) mass is 361 g/mol. The average Bonchev–Trinajstić information content (AvgIpc) is 2.99. The van der Waals surface area contributed by atoms with Crippen molar-refractivity contribution in [2.75, 3.05) is 32.8 Å². The fraction of sp³-hybridized carbons (Fsp3) is 0.421. The molecule has 0 aliphatic carbocycles. The number of benzene rings is 1. The second-order valence-corrected chi connectivity index (χ2v) is 7.03. The van der Waals surface area contributed by atoms with E-state index in [9.17, 15) is 13.6 Å². The van der Waals surface area contributed by atoms with Crippen LogP contribution in [0.25, 0.3) is 0 Å². The van der Waals surface area contributed by atoms with E-state index in [0.717, 1.165) is 12.6 Å². The fourth-order valence-electron chi connectivity index (χ4n) is 3.80. The second-order valence-electron chi connectivity index (χ2n) is 7.03. The van der Waals surface area contributed by atoms with Crippen molar-refractivity contribution < 1.29 is 18.3 Å². The quantitative estimate of drug-likeness (QED) is 0.912. The standard InChI is InChI=1S/C19H21F2N3O2/c20-16-2-1-15(18(21)5-16)9-23-7-13-8-24(10-17(23)12-26-11-13)19(25)14-3-4-22-6-14/h1-6,13,17,22H,7-12H2/t13-,17+/m1/s1. The molecule has 138 valence electrons. The van der Waals surface area contributed by atoms with Gasteiger partial charge in [-0.05, 0) is 12.1 Å². The van der Waals surface area contributed by atoms with Crippen LogP contribution < -0.4 is 0 Å². The van der Waals surface area contributed by atoms with E-state index >= 15 is 0 Å². The minimum atomic E-state index is -0.576. The van der Waals surface area contributed by atoms with Gasteiger partial charge in [-0.1, -0.05) is 6.07 Å². The van der Waals surface area contributed by atoms with Crippen molar-refractivity contribution in [2.45, 2.75) is 12.6 Å². The molecule has 1 N–H and O–H groups in total. The van der Waals surface area contributed by atoms with E-state index in [2.05, 4.69) is 9.88 Å². The van der Waals surface area contributed by atoms with Crippen LogP contribution in [0.1, 0.15) is 15.9 Å². The molecule has 1 aromatic carbocycles. The first-order chi connectivity index (χ1) is 12.6. The molecule has 7 heteroatoms. The number of nitrogens with one attached hydrogen (secondary N) is 1. The largest absolute Gasteiger partial charge is 0.379 e. The predicted molar refractivity (Wildman–Crippen MR) is 91.6 cm³/mol. The number of hydrogen-bond acceptors (Lipinski definition) is 3. The van der Waals surface area contributed by atoms with Gasteiger partial charge in [-0.2, -0.15) is 0 Å². The maximum atomic E-state index is 14.1. The number of rotatable bonds is 3. The molecule has 2 atom stereocenters. The minimum Gasteiger partial charge on any atom is -0.379 e. The van der Waals surface area contributed by atoms with Gasteiger partial charge in [0.05, 0.1) is 24.8 Å². The summed E-state index contributed by atoms with van der Waals surface area (Å²) in [6, 6.07) is 5.43. The lowest BCUT2D eigenvalue weighted by molar-refractivity contribution is 0.0405. The molecule has 1 amide bonds. The lowest BCUT2D eigenvalue weighted by Crippen LogP contribution is -2.45. The van der Waals surface area contributed by atoms with Gasteiger partial charge in [0.25, 0.3) is 5.91 Å². The van der Waals surface area contributed by atoms with Crippen molar-refractivity contribution in [2.24, 2.45) is 5.92 Å². The van der Waals surface area contributed by atoms with Crippen molar-refractivity contribution >= 4 is 5.91 Å². The topological polar surface area (TPSA) is 48.6 Å². The Morgan fingerprint density at radius 1 is 1.19 bits per heavy atom. The summed E-state index contributed by atoms with van der Waals surface area (Å²) in [5.74, 6) is -0.954. The average molecular weight is 361 g/mol.